The third kappa shape index (κ3) is 4.52. The molecule has 0 saturated carbocycles. The standard InChI is InChI=1S/C17H16ClNO5S/c1-23-14-7-5-13(6-8-14)19-11-16(17(20)24-2)25(21,22)15-9-3-12(18)4-10-15/h3-11,19H,1-2H3/b16-11-. The SMILES string of the molecule is COC(=O)/C(=C/Nc1ccc(OC)cc1)S(=O)(=O)c1ccc(Cl)cc1. The number of esters is 1. The number of halogens is 1. The maximum atomic E-state index is 12.7. The Bertz CT molecular complexity index is 874. The number of benzene rings is 2. The molecule has 2 rings (SSSR count). The van der Waals surface area contributed by atoms with E-state index in [9.17, 15) is 13.2 Å². The van der Waals surface area contributed by atoms with Crippen LogP contribution in [0.2, 0.25) is 5.02 Å². The summed E-state index contributed by atoms with van der Waals surface area (Å²) in [5, 5.41) is 3.16. The quantitative estimate of drug-likeness (QED) is 0.611. The number of anilines is 1. The van der Waals surface area contributed by atoms with Gasteiger partial charge in [-0.25, -0.2) is 13.2 Å². The molecule has 2 aromatic carbocycles. The minimum absolute atomic E-state index is 0.0647. The summed E-state index contributed by atoms with van der Waals surface area (Å²) in [7, 11) is -1.42. The molecule has 25 heavy (non-hydrogen) atoms. The van der Waals surface area contributed by atoms with Crippen molar-refractivity contribution in [1.29, 1.82) is 0 Å². The maximum absolute atomic E-state index is 12.7. The first-order valence-corrected chi connectivity index (χ1v) is 8.94. The summed E-state index contributed by atoms with van der Waals surface area (Å²) in [6.07, 6.45) is 1.09. The highest BCUT2D eigenvalue weighted by atomic mass is 35.5. The molecule has 0 fully saturated rings. The molecule has 132 valence electrons. The lowest BCUT2D eigenvalue weighted by Gasteiger charge is -2.09. The Kier molecular flexibility index (Phi) is 6.06. The van der Waals surface area contributed by atoms with Crippen molar-refractivity contribution < 1.29 is 22.7 Å². The molecule has 0 spiro atoms. The Morgan fingerprint density at radius 1 is 1.04 bits per heavy atom. The van der Waals surface area contributed by atoms with Crippen LogP contribution in [0.5, 0.6) is 5.75 Å². The van der Waals surface area contributed by atoms with E-state index in [1.165, 1.54) is 31.4 Å². The van der Waals surface area contributed by atoms with Crippen molar-refractivity contribution in [2.45, 2.75) is 4.90 Å². The monoisotopic (exact) mass is 381 g/mol. The van der Waals surface area contributed by atoms with Crippen LogP contribution in [0, 0.1) is 0 Å². The van der Waals surface area contributed by atoms with E-state index in [0.717, 1.165) is 13.3 Å². The van der Waals surface area contributed by atoms with Gasteiger partial charge in [0.05, 0.1) is 19.1 Å². The molecule has 0 radical (unpaired) electrons. The van der Waals surface area contributed by atoms with Gasteiger partial charge in [-0.15, -0.1) is 0 Å². The van der Waals surface area contributed by atoms with Crippen LogP contribution >= 0.6 is 11.6 Å². The van der Waals surface area contributed by atoms with Gasteiger partial charge in [-0.1, -0.05) is 11.6 Å². The molecule has 0 aliphatic rings. The van der Waals surface area contributed by atoms with E-state index in [1.54, 1.807) is 24.3 Å². The molecule has 0 heterocycles. The number of carbonyl (C=O) groups excluding carboxylic acids is 1. The highest BCUT2D eigenvalue weighted by molar-refractivity contribution is 7.96. The lowest BCUT2D eigenvalue weighted by atomic mass is 10.3. The summed E-state index contributed by atoms with van der Waals surface area (Å²) < 4.78 is 35.0. The smallest absolute Gasteiger partial charge is 0.351 e. The normalized spacial score (nSPS) is 11.7. The van der Waals surface area contributed by atoms with Crippen molar-refractivity contribution in [2.24, 2.45) is 0 Å². The van der Waals surface area contributed by atoms with Gasteiger partial charge in [0.25, 0.3) is 0 Å². The largest absolute Gasteiger partial charge is 0.497 e. The van der Waals surface area contributed by atoms with E-state index < -0.39 is 20.7 Å². The van der Waals surface area contributed by atoms with E-state index in [0.29, 0.717) is 16.5 Å². The number of hydrogen-bond acceptors (Lipinski definition) is 6. The highest BCUT2D eigenvalue weighted by Gasteiger charge is 2.28. The molecular weight excluding hydrogens is 366 g/mol. The van der Waals surface area contributed by atoms with Crippen LogP contribution in [-0.2, 0) is 19.4 Å². The van der Waals surface area contributed by atoms with E-state index in [1.807, 2.05) is 0 Å². The first kappa shape index (κ1) is 18.8. The molecule has 0 atom stereocenters. The molecule has 0 aliphatic carbocycles. The van der Waals surface area contributed by atoms with Crippen LogP contribution in [0.1, 0.15) is 0 Å². The summed E-state index contributed by atoms with van der Waals surface area (Å²) in [4.78, 5) is 11.4. The third-order valence-electron chi connectivity index (χ3n) is 3.26. The van der Waals surface area contributed by atoms with Crippen LogP contribution in [0.4, 0.5) is 5.69 Å². The summed E-state index contributed by atoms with van der Waals surface area (Å²) in [6.45, 7) is 0. The fourth-order valence-electron chi connectivity index (χ4n) is 1.92. The molecule has 1 N–H and O–H groups in total. The Balaban J connectivity index is 2.37. The predicted octanol–water partition coefficient (Wildman–Crippen LogP) is 3.25. The molecule has 0 saturated heterocycles. The van der Waals surface area contributed by atoms with Gasteiger partial charge < -0.3 is 14.8 Å². The second-order valence-electron chi connectivity index (χ2n) is 4.83. The molecule has 0 unspecified atom stereocenters. The van der Waals surface area contributed by atoms with Crippen molar-refractivity contribution >= 4 is 33.1 Å². The topological polar surface area (TPSA) is 81.7 Å². The van der Waals surface area contributed by atoms with Crippen LogP contribution in [0.15, 0.2) is 64.5 Å². The second kappa shape index (κ2) is 8.04. The zero-order valence-electron chi connectivity index (χ0n) is 13.5. The number of carbonyl (C=O) groups is 1. The van der Waals surface area contributed by atoms with Crippen molar-refractivity contribution in [3.63, 3.8) is 0 Å². The predicted molar refractivity (Wildman–Crippen MR) is 95.4 cm³/mol. The number of sulfone groups is 1. The van der Waals surface area contributed by atoms with E-state index in [2.05, 4.69) is 10.1 Å². The van der Waals surface area contributed by atoms with Gasteiger partial charge in [-0.2, -0.15) is 0 Å². The first-order valence-electron chi connectivity index (χ1n) is 7.08. The summed E-state index contributed by atoms with van der Waals surface area (Å²) in [5.41, 5.74) is 0.577. The van der Waals surface area contributed by atoms with Gasteiger partial charge in [0.2, 0.25) is 9.84 Å². The second-order valence-corrected chi connectivity index (χ2v) is 7.18. The van der Waals surface area contributed by atoms with E-state index in [4.69, 9.17) is 16.3 Å². The zero-order valence-corrected chi connectivity index (χ0v) is 15.1. The van der Waals surface area contributed by atoms with E-state index >= 15 is 0 Å². The van der Waals surface area contributed by atoms with Gasteiger partial charge >= 0.3 is 5.97 Å². The molecule has 0 aliphatic heterocycles. The van der Waals surface area contributed by atoms with Gasteiger partial charge in [0.1, 0.15) is 5.75 Å². The zero-order chi connectivity index (χ0) is 18.4. The third-order valence-corrected chi connectivity index (χ3v) is 5.27. The molecule has 2 aromatic rings. The van der Waals surface area contributed by atoms with Crippen molar-refractivity contribution in [3.05, 3.63) is 64.7 Å². The maximum Gasteiger partial charge on any atom is 0.351 e. The Morgan fingerprint density at radius 3 is 2.16 bits per heavy atom. The number of methoxy groups -OCH3 is 2. The molecule has 0 amide bonds. The van der Waals surface area contributed by atoms with Crippen LogP contribution in [0.3, 0.4) is 0 Å². The number of rotatable bonds is 6. The Hall–Kier alpha value is -2.51. The summed E-state index contributed by atoms with van der Waals surface area (Å²) in [6, 6.07) is 12.3. The number of ether oxygens (including phenoxy) is 2. The van der Waals surface area contributed by atoms with Crippen LogP contribution < -0.4 is 10.1 Å². The minimum Gasteiger partial charge on any atom is -0.497 e. The average Bonchev–Trinajstić information content (AvgIpc) is 2.62. The van der Waals surface area contributed by atoms with Crippen molar-refractivity contribution in [2.75, 3.05) is 19.5 Å². The summed E-state index contributed by atoms with van der Waals surface area (Å²) >= 11 is 5.77. The lowest BCUT2D eigenvalue weighted by molar-refractivity contribution is -0.135. The first-order chi connectivity index (χ1) is 11.9. The molecule has 8 heteroatoms. The molecule has 0 bridgehead atoms. The number of hydrogen-bond donors (Lipinski definition) is 1. The van der Waals surface area contributed by atoms with Gasteiger partial charge in [0.15, 0.2) is 4.91 Å². The van der Waals surface area contributed by atoms with Gasteiger partial charge in [-0.05, 0) is 48.5 Å². The molecular formula is C17H16ClNO5S. The Labute approximate surface area is 150 Å². The Morgan fingerprint density at radius 2 is 1.64 bits per heavy atom. The van der Waals surface area contributed by atoms with Crippen molar-refractivity contribution in [3.8, 4) is 5.75 Å². The van der Waals surface area contributed by atoms with E-state index in [-0.39, 0.29) is 4.90 Å². The van der Waals surface area contributed by atoms with Gasteiger partial charge in [-0.3, -0.25) is 0 Å². The van der Waals surface area contributed by atoms with Crippen LogP contribution in [-0.4, -0.2) is 28.6 Å². The lowest BCUT2D eigenvalue weighted by Crippen LogP contribution is -2.16. The molecule has 6 nitrogen and oxygen atoms in total. The van der Waals surface area contributed by atoms with Crippen molar-refractivity contribution in [1.82, 2.24) is 0 Å². The van der Waals surface area contributed by atoms with Gasteiger partial charge in [0, 0.05) is 16.9 Å². The van der Waals surface area contributed by atoms with Crippen LogP contribution in [0.25, 0.3) is 0 Å². The highest BCUT2D eigenvalue weighted by Crippen LogP contribution is 2.23. The average molecular weight is 382 g/mol. The number of nitrogens with one attached hydrogen (secondary N) is 1. The molecule has 0 aromatic heterocycles. The fourth-order valence-corrected chi connectivity index (χ4v) is 3.31. The minimum atomic E-state index is -4.07. The fraction of sp³-hybridized carbons (Fsp3) is 0.118. The summed E-state index contributed by atoms with van der Waals surface area (Å²) in [5.74, 6) is -0.326.